The highest BCUT2D eigenvalue weighted by molar-refractivity contribution is 5.81. The van der Waals surface area contributed by atoms with E-state index in [-0.39, 0.29) is 11.8 Å². The van der Waals surface area contributed by atoms with E-state index >= 15 is 0 Å². The van der Waals surface area contributed by atoms with Crippen LogP contribution in [0.15, 0.2) is 30.6 Å². The molecular weight excluding hydrogens is 312 g/mol. The molecule has 0 aliphatic carbocycles. The van der Waals surface area contributed by atoms with Crippen molar-refractivity contribution in [3.05, 3.63) is 47.8 Å². The molecule has 0 atom stereocenters. The molecule has 0 radical (unpaired) electrons. The molecule has 6 heteroatoms. The molecule has 1 fully saturated rings. The Balaban J connectivity index is 1.97. The van der Waals surface area contributed by atoms with Crippen molar-refractivity contribution in [3.63, 3.8) is 0 Å². The highest BCUT2D eigenvalue weighted by Gasteiger charge is 2.25. The fourth-order valence-corrected chi connectivity index (χ4v) is 3.24. The molecule has 0 unspecified atom stereocenters. The average Bonchev–Trinajstić information content (AvgIpc) is 2.57. The van der Waals surface area contributed by atoms with Crippen LogP contribution in [-0.4, -0.2) is 24.0 Å². The van der Waals surface area contributed by atoms with E-state index in [2.05, 4.69) is 9.88 Å². The third-order valence-corrected chi connectivity index (χ3v) is 4.54. The third kappa shape index (κ3) is 3.09. The van der Waals surface area contributed by atoms with E-state index < -0.39 is 11.6 Å². The number of anilines is 1. The first-order chi connectivity index (χ1) is 11.5. The number of nitrogens with two attached hydrogens (primary N) is 1. The summed E-state index contributed by atoms with van der Waals surface area (Å²) in [6.07, 6.45) is 4.79. The van der Waals surface area contributed by atoms with Crippen molar-refractivity contribution in [2.24, 2.45) is 11.7 Å². The molecule has 1 amide bonds. The lowest BCUT2D eigenvalue weighted by molar-refractivity contribution is -0.122. The second-order valence-corrected chi connectivity index (χ2v) is 6.15. The van der Waals surface area contributed by atoms with Gasteiger partial charge in [-0.25, -0.2) is 8.78 Å². The zero-order valence-electron chi connectivity index (χ0n) is 13.4. The van der Waals surface area contributed by atoms with Crippen LogP contribution in [0.3, 0.4) is 0 Å². The van der Waals surface area contributed by atoms with Gasteiger partial charge in [-0.2, -0.15) is 0 Å². The highest BCUT2D eigenvalue weighted by atomic mass is 19.2. The van der Waals surface area contributed by atoms with Gasteiger partial charge < -0.3 is 10.6 Å². The van der Waals surface area contributed by atoms with Gasteiger partial charge in [0.25, 0.3) is 0 Å². The maximum Gasteiger partial charge on any atom is 0.220 e. The molecule has 4 nitrogen and oxygen atoms in total. The van der Waals surface area contributed by atoms with Crippen LogP contribution in [0, 0.1) is 24.5 Å². The van der Waals surface area contributed by atoms with Crippen molar-refractivity contribution in [2.45, 2.75) is 19.8 Å². The molecule has 0 spiro atoms. The number of benzene rings is 1. The largest absolute Gasteiger partial charge is 0.371 e. The van der Waals surface area contributed by atoms with Crippen LogP contribution in [-0.2, 0) is 4.79 Å². The van der Waals surface area contributed by atoms with E-state index in [0.717, 1.165) is 22.9 Å². The van der Waals surface area contributed by atoms with Crippen LogP contribution in [0.4, 0.5) is 14.5 Å². The summed E-state index contributed by atoms with van der Waals surface area (Å²) in [6.45, 7) is 3.32. The fourth-order valence-electron chi connectivity index (χ4n) is 3.24. The van der Waals surface area contributed by atoms with Crippen molar-refractivity contribution in [1.29, 1.82) is 0 Å². The van der Waals surface area contributed by atoms with Gasteiger partial charge in [0.15, 0.2) is 11.6 Å². The first-order valence-corrected chi connectivity index (χ1v) is 7.91. The molecule has 126 valence electrons. The molecule has 2 aromatic rings. The van der Waals surface area contributed by atoms with Gasteiger partial charge in [-0.15, -0.1) is 0 Å². The van der Waals surface area contributed by atoms with E-state index in [9.17, 15) is 13.6 Å². The predicted octanol–water partition coefficient (Wildman–Crippen LogP) is 3.04. The molecule has 3 rings (SSSR count). The van der Waals surface area contributed by atoms with Crippen molar-refractivity contribution >= 4 is 11.6 Å². The molecule has 1 aliphatic heterocycles. The topological polar surface area (TPSA) is 59.2 Å². The lowest BCUT2D eigenvalue weighted by atomic mass is 9.94. The number of carbonyl (C=O) groups excluding carboxylic acids is 1. The number of pyridine rings is 1. The number of hydrogen-bond acceptors (Lipinski definition) is 3. The van der Waals surface area contributed by atoms with E-state index in [0.29, 0.717) is 31.5 Å². The minimum Gasteiger partial charge on any atom is -0.371 e. The molecule has 1 aromatic carbocycles. The number of aryl methyl sites for hydroxylation is 1. The van der Waals surface area contributed by atoms with Gasteiger partial charge in [0.2, 0.25) is 5.91 Å². The van der Waals surface area contributed by atoms with Gasteiger partial charge in [-0.1, -0.05) is 6.07 Å². The van der Waals surface area contributed by atoms with E-state index in [4.69, 9.17) is 5.73 Å². The molecule has 2 heterocycles. The molecule has 1 aromatic heterocycles. The molecule has 1 aliphatic rings. The number of halogens is 2. The maximum absolute atomic E-state index is 13.6. The lowest BCUT2D eigenvalue weighted by Gasteiger charge is -2.34. The second kappa shape index (κ2) is 6.55. The standard InChI is InChI=1S/C18H19F2N3O/c1-11-9-22-10-14(13-2-3-15(19)16(20)8-13)17(11)23-6-4-12(5-7-23)18(21)24/h2-3,8-10,12H,4-7H2,1H3,(H2,21,24). The summed E-state index contributed by atoms with van der Waals surface area (Å²) in [5, 5.41) is 0. The summed E-state index contributed by atoms with van der Waals surface area (Å²) in [6, 6.07) is 3.86. The second-order valence-electron chi connectivity index (χ2n) is 6.15. The Bertz CT molecular complexity index is 771. The SMILES string of the molecule is Cc1cncc(-c2ccc(F)c(F)c2)c1N1CCC(C(N)=O)CC1. The summed E-state index contributed by atoms with van der Waals surface area (Å²) >= 11 is 0. The number of hydrogen-bond donors (Lipinski definition) is 1. The lowest BCUT2D eigenvalue weighted by Crippen LogP contribution is -2.39. The van der Waals surface area contributed by atoms with Gasteiger partial charge in [0.05, 0.1) is 5.69 Å². The third-order valence-electron chi connectivity index (χ3n) is 4.54. The van der Waals surface area contributed by atoms with E-state index in [1.165, 1.54) is 6.07 Å². The smallest absolute Gasteiger partial charge is 0.220 e. The normalized spacial score (nSPS) is 15.5. The monoisotopic (exact) mass is 331 g/mol. The van der Waals surface area contributed by atoms with E-state index in [1.54, 1.807) is 18.5 Å². The first kappa shape index (κ1) is 16.4. The Morgan fingerprint density at radius 2 is 1.92 bits per heavy atom. The zero-order chi connectivity index (χ0) is 17.3. The minimum atomic E-state index is -0.882. The van der Waals surface area contributed by atoms with Crippen LogP contribution in [0.5, 0.6) is 0 Å². The maximum atomic E-state index is 13.6. The van der Waals surface area contributed by atoms with Gasteiger partial charge in [0.1, 0.15) is 0 Å². The molecule has 1 saturated heterocycles. The number of piperidine rings is 1. The highest BCUT2D eigenvalue weighted by Crippen LogP contribution is 2.35. The summed E-state index contributed by atoms with van der Waals surface area (Å²) in [5.41, 5.74) is 8.62. The Morgan fingerprint density at radius 3 is 2.54 bits per heavy atom. The molecule has 0 saturated carbocycles. The number of nitrogens with zero attached hydrogens (tertiary/aromatic N) is 2. The molecular formula is C18H19F2N3O. The minimum absolute atomic E-state index is 0.102. The Morgan fingerprint density at radius 1 is 1.21 bits per heavy atom. The molecule has 24 heavy (non-hydrogen) atoms. The fraction of sp³-hybridized carbons (Fsp3) is 0.333. The Kier molecular flexibility index (Phi) is 4.46. The number of primary amides is 1. The summed E-state index contributed by atoms with van der Waals surface area (Å²) < 4.78 is 26.8. The van der Waals surface area contributed by atoms with E-state index in [1.807, 2.05) is 6.92 Å². The number of amides is 1. The Hall–Kier alpha value is -2.50. The molecule has 0 bridgehead atoms. The number of rotatable bonds is 3. The number of aromatic nitrogens is 1. The van der Waals surface area contributed by atoms with Crippen LogP contribution in [0.2, 0.25) is 0 Å². The quantitative estimate of drug-likeness (QED) is 0.940. The number of carbonyl (C=O) groups is 1. The van der Waals surface area contributed by atoms with Crippen LogP contribution >= 0.6 is 0 Å². The molecule has 2 N–H and O–H groups in total. The predicted molar refractivity (Wildman–Crippen MR) is 88.5 cm³/mol. The summed E-state index contributed by atoms with van der Waals surface area (Å²) in [4.78, 5) is 17.7. The van der Waals surface area contributed by atoms with Crippen molar-refractivity contribution in [2.75, 3.05) is 18.0 Å². The summed E-state index contributed by atoms with van der Waals surface area (Å²) in [7, 11) is 0. The zero-order valence-corrected chi connectivity index (χ0v) is 13.4. The van der Waals surface area contributed by atoms with Crippen molar-refractivity contribution < 1.29 is 13.6 Å². The van der Waals surface area contributed by atoms with Crippen LogP contribution in [0.1, 0.15) is 18.4 Å². The van der Waals surface area contributed by atoms with Crippen molar-refractivity contribution in [1.82, 2.24) is 4.98 Å². The van der Waals surface area contributed by atoms with Crippen LogP contribution < -0.4 is 10.6 Å². The van der Waals surface area contributed by atoms with Crippen LogP contribution in [0.25, 0.3) is 11.1 Å². The van der Waals surface area contributed by atoms with Gasteiger partial charge in [0, 0.05) is 37.0 Å². The Labute approximate surface area is 139 Å². The van der Waals surface area contributed by atoms with Gasteiger partial charge >= 0.3 is 0 Å². The van der Waals surface area contributed by atoms with Gasteiger partial charge in [-0.05, 0) is 43.0 Å². The van der Waals surface area contributed by atoms with Gasteiger partial charge in [-0.3, -0.25) is 9.78 Å². The van der Waals surface area contributed by atoms with Crippen molar-refractivity contribution in [3.8, 4) is 11.1 Å². The average molecular weight is 331 g/mol. The first-order valence-electron chi connectivity index (χ1n) is 7.91. The summed E-state index contributed by atoms with van der Waals surface area (Å²) in [5.74, 6) is -2.12.